The van der Waals surface area contributed by atoms with Crippen LogP contribution in [-0.4, -0.2) is 13.6 Å². The van der Waals surface area contributed by atoms with Gasteiger partial charge in [0, 0.05) is 0 Å². The van der Waals surface area contributed by atoms with Gasteiger partial charge in [0.2, 0.25) is 0 Å². The van der Waals surface area contributed by atoms with Crippen LogP contribution in [0.1, 0.15) is 103 Å². The Morgan fingerprint density at radius 1 is 0.474 bits per heavy atom. The molecule has 0 aromatic carbocycles. The van der Waals surface area contributed by atoms with Gasteiger partial charge in [0.05, 0.1) is 0 Å². The molecule has 0 unspecified atom stereocenters. The molecule has 0 aromatic rings. The second-order valence-corrected chi connectivity index (χ2v) is 6.05. The standard InChI is InChI=1S/C18H39N/c1-3-4-5-6-7-8-9-10-11-12-13-14-15-16-17-18-19-2/h19H,3-18H2,1-2H3. The number of unbranched alkanes of at least 4 members (excludes halogenated alkanes) is 14. The van der Waals surface area contributed by atoms with Crippen molar-refractivity contribution in [2.24, 2.45) is 0 Å². The molecule has 0 aromatic heterocycles. The lowest BCUT2D eigenvalue weighted by molar-refractivity contribution is 0.530. The molecule has 0 aliphatic heterocycles. The molecule has 0 saturated carbocycles. The minimum absolute atomic E-state index is 1.19. The van der Waals surface area contributed by atoms with Crippen LogP contribution in [0.5, 0.6) is 0 Å². The zero-order valence-corrected chi connectivity index (χ0v) is 13.8. The molecule has 0 amide bonds. The molecule has 116 valence electrons. The highest BCUT2D eigenvalue weighted by atomic mass is 14.8. The minimum Gasteiger partial charge on any atom is -0.320 e. The molecule has 19 heavy (non-hydrogen) atoms. The van der Waals surface area contributed by atoms with Crippen molar-refractivity contribution in [2.75, 3.05) is 13.6 Å². The van der Waals surface area contributed by atoms with E-state index in [1.807, 2.05) is 7.05 Å². The monoisotopic (exact) mass is 269 g/mol. The number of hydrogen-bond acceptors (Lipinski definition) is 1. The van der Waals surface area contributed by atoms with Crippen LogP contribution in [0.3, 0.4) is 0 Å². The fraction of sp³-hybridized carbons (Fsp3) is 1.00. The Hall–Kier alpha value is -0.0400. The molecular weight excluding hydrogens is 230 g/mol. The van der Waals surface area contributed by atoms with Crippen molar-refractivity contribution in [3.63, 3.8) is 0 Å². The predicted molar refractivity (Wildman–Crippen MR) is 88.9 cm³/mol. The SMILES string of the molecule is CCCCCCCCCCCCCCCCCNC. The molecule has 0 aliphatic carbocycles. The highest BCUT2D eigenvalue weighted by Crippen LogP contribution is 2.13. The van der Waals surface area contributed by atoms with Gasteiger partial charge in [0.15, 0.2) is 0 Å². The Morgan fingerprint density at radius 3 is 1.11 bits per heavy atom. The van der Waals surface area contributed by atoms with E-state index in [2.05, 4.69) is 12.2 Å². The van der Waals surface area contributed by atoms with Gasteiger partial charge in [-0.3, -0.25) is 0 Å². The van der Waals surface area contributed by atoms with E-state index >= 15 is 0 Å². The first-order chi connectivity index (χ1) is 9.41. The Bertz CT molecular complexity index is 129. The van der Waals surface area contributed by atoms with Gasteiger partial charge in [-0.05, 0) is 20.0 Å². The summed E-state index contributed by atoms with van der Waals surface area (Å²) in [4.78, 5) is 0. The highest BCUT2D eigenvalue weighted by Gasteiger charge is 1.93. The lowest BCUT2D eigenvalue weighted by atomic mass is 10.0. The zero-order valence-electron chi connectivity index (χ0n) is 13.8. The van der Waals surface area contributed by atoms with E-state index in [0.29, 0.717) is 0 Å². The van der Waals surface area contributed by atoms with E-state index in [4.69, 9.17) is 0 Å². The maximum Gasteiger partial charge on any atom is -0.00519 e. The molecule has 0 rings (SSSR count). The van der Waals surface area contributed by atoms with Crippen LogP contribution in [0.4, 0.5) is 0 Å². The number of rotatable bonds is 16. The average molecular weight is 270 g/mol. The quantitative estimate of drug-likeness (QED) is 0.335. The largest absolute Gasteiger partial charge is 0.320 e. The topological polar surface area (TPSA) is 12.0 Å². The molecule has 0 radical (unpaired) electrons. The second-order valence-electron chi connectivity index (χ2n) is 6.05. The van der Waals surface area contributed by atoms with Gasteiger partial charge in [-0.2, -0.15) is 0 Å². The summed E-state index contributed by atoms with van der Waals surface area (Å²) in [6.45, 7) is 3.49. The highest BCUT2D eigenvalue weighted by molar-refractivity contribution is 4.50. The van der Waals surface area contributed by atoms with Crippen molar-refractivity contribution in [1.29, 1.82) is 0 Å². The summed E-state index contributed by atoms with van der Waals surface area (Å²) in [5.74, 6) is 0. The lowest BCUT2D eigenvalue weighted by Crippen LogP contribution is -2.06. The first-order valence-corrected chi connectivity index (χ1v) is 9.06. The Morgan fingerprint density at radius 2 is 0.789 bits per heavy atom. The second kappa shape index (κ2) is 18.0. The molecule has 0 heterocycles. The normalized spacial score (nSPS) is 11.1. The van der Waals surface area contributed by atoms with Crippen molar-refractivity contribution in [1.82, 2.24) is 5.32 Å². The maximum atomic E-state index is 3.21. The number of hydrogen-bond donors (Lipinski definition) is 1. The molecule has 1 nitrogen and oxygen atoms in total. The third kappa shape index (κ3) is 18.0. The summed E-state index contributed by atoms with van der Waals surface area (Å²) >= 11 is 0. The van der Waals surface area contributed by atoms with Gasteiger partial charge < -0.3 is 5.32 Å². The van der Waals surface area contributed by atoms with Crippen LogP contribution >= 0.6 is 0 Å². The van der Waals surface area contributed by atoms with Crippen LogP contribution in [0.25, 0.3) is 0 Å². The molecular formula is C18H39N. The zero-order chi connectivity index (χ0) is 14.0. The Kier molecular flexibility index (Phi) is 17.9. The van der Waals surface area contributed by atoms with Crippen molar-refractivity contribution >= 4 is 0 Å². The fourth-order valence-corrected chi connectivity index (χ4v) is 2.67. The predicted octanol–water partition coefficient (Wildman–Crippen LogP) is 6.08. The van der Waals surface area contributed by atoms with Gasteiger partial charge in [-0.1, -0.05) is 96.8 Å². The van der Waals surface area contributed by atoms with Crippen molar-refractivity contribution < 1.29 is 0 Å². The maximum absolute atomic E-state index is 3.21. The minimum atomic E-state index is 1.19. The van der Waals surface area contributed by atoms with Crippen molar-refractivity contribution in [3.8, 4) is 0 Å². The van der Waals surface area contributed by atoms with Gasteiger partial charge in [-0.15, -0.1) is 0 Å². The van der Waals surface area contributed by atoms with E-state index < -0.39 is 0 Å². The summed E-state index contributed by atoms with van der Waals surface area (Å²) in [5, 5.41) is 3.21. The van der Waals surface area contributed by atoms with Gasteiger partial charge in [0.25, 0.3) is 0 Å². The fourth-order valence-electron chi connectivity index (χ4n) is 2.67. The smallest absolute Gasteiger partial charge is 0.00519 e. The van der Waals surface area contributed by atoms with Crippen LogP contribution in [-0.2, 0) is 0 Å². The Labute approximate surface area is 122 Å². The van der Waals surface area contributed by atoms with E-state index in [1.165, 1.54) is 103 Å². The van der Waals surface area contributed by atoms with Crippen LogP contribution in [0.2, 0.25) is 0 Å². The molecule has 0 fully saturated rings. The first-order valence-electron chi connectivity index (χ1n) is 9.06. The van der Waals surface area contributed by atoms with Gasteiger partial charge in [0.1, 0.15) is 0 Å². The van der Waals surface area contributed by atoms with Crippen LogP contribution < -0.4 is 5.32 Å². The van der Waals surface area contributed by atoms with Crippen molar-refractivity contribution in [2.45, 2.75) is 103 Å². The van der Waals surface area contributed by atoms with Crippen molar-refractivity contribution in [3.05, 3.63) is 0 Å². The lowest BCUT2D eigenvalue weighted by Gasteiger charge is -2.03. The third-order valence-electron chi connectivity index (χ3n) is 4.03. The summed E-state index contributed by atoms with van der Waals surface area (Å²) in [7, 11) is 2.05. The molecule has 0 spiro atoms. The molecule has 1 heteroatoms. The average Bonchev–Trinajstić information content (AvgIpc) is 2.43. The van der Waals surface area contributed by atoms with E-state index in [-0.39, 0.29) is 0 Å². The Balaban J connectivity index is 2.88. The molecule has 1 N–H and O–H groups in total. The van der Waals surface area contributed by atoms with E-state index in [1.54, 1.807) is 0 Å². The molecule has 0 bridgehead atoms. The molecule has 0 atom stereocenters. The summed E-state index contributed by atoms with van der Waals surface area (Å²) in [5.41, 5.74) is 0. The van der Waals surface area contributed by atoms with E-state index in [9.17, 15) is 0 Å². The van der Waals surface area contributed by atoms with Gasteiger partial charge >= 0.3 is 0 Å². The summed E-state index contributed by atoms with van der Waals surface area (Å²) in [6.07, 6.45) is 21.8. The number of nitrogens with one attached hydrogen (secondary N) is 1. The third-order valence-corrected chi connectivity index (χ3v) is 4.03. The summed E-state index contributed by atoms with van der Waals surface area (Å²) in [6, 6.07) is 0. The van der Waals surface area contributed by atoms with Crippen LogP contribution in [0.15, 0.2) is 0 Å². The van der Waals surface area contributed by atoms with Gasteiger partial charge in [-0.25, -0.2) is 0 Å². The molecule has 0 aliphatic rings. The molecule has 0 saturated heterocycles. The first kappa shape index (κ1) is 19.0. The summed E-state index contributed by atoms with van der Waals surface area (Å²) < 4.78 is 0. The van der Waals surface area contributed by atoms with E-state index in [0.717, 1.165) is 0 Å². The van der Waals surface area contributed by atoms with Crippen LogP contribution in [0, 0.1) is 0 Å².